The summed E-state index contributed by atoms with van der Waals surface area (Å²) in [4.78, 5) is 0. The van der Waals surface area contributed by atoms with Gasteiger partial charge in [-0.1, -0.05) is 6.92 Å². The van der Waals surface area contributed by atoms with Crippen LogP contribution in [0.25, 0.3) is 5.65 Å². The third-order valence-electron chi connectivity index (χ3n) is 7.65. The molecule has 4 bridgehead atoms. The molecule has 5 fully saturated rings. The van der Waals surface area contributed by atoms with Gasteiger partial charge in [-0.15, -0.1) is 10.2 Å². The molecule has 2 aromatic rings. The number of nitrogens with one attached hydrogen (secondary N) is 1. The minimum absolute atomic E-state index is 0.234. The first-order valence-corrected chi connectivity index (χ1v) is 12.7. The van der Waals surface area contributed by atoms with Crippen LogP contribution in [0.1, 0.15) is 63.4 Å². The van der Waals surface area contributed by atoms with Crippen LogP contribution < -0.4 is 9.46 Å². The maximum Gasteiger partial charge on any atom is 0.242 e. The first-order chi connectivity index (χ1) is 13.8. The molecular weight excluding hydrogens is 388 g/mol. The highest BCUT2D eigenvalue weighted by Gasteiger charge is 2.56. The highest BCUT2D eigenvalue weighted by Crippen LogP contribution is 2.61. The van der Waals surface area contributed by atoms with Gasteiger partial charge in [0.05, 0.1) is 6.26 Å². The van der Waals surface area contributed by atoms with Gasteiger partial charge in [0.1, 0.15) is 11.9 Å². The lowest BCUT2D eigenvalue weighted by atomic mass is 9.49. The molecule has 0 radical (unpaired) electrons. The van der Waals surface area contributed by atoms with Gasteiger partial charge >= 0.3 is 0 Å². The van der Waals surface area contributed by atoms with Crippen molar-refractivity contribution >= 4 is 21.6 Å². The van der Waals surface area contributed by atoms with E-state index in [4.69, 9.17) is 4.74 Å². The third-order valence-corrected chi connectivity index (χ3v) is 8.20. The summed E-state index contributed by atoms with van der Waals surface area (Å²) in [7, 11) is -3.41. The van der Waals surface area contributed by atoms with Crippen LogP contribution in [0.15, 0.2) is 12.3 Å². The van der Waals surface area contributed by atoms with Crippen molar-refractivity contribution in [3.8, 4) is 5.75 Å². The van der Waals surface area contributed by atoms with Crippen molar-refractivity contribution in [1.29, 1.82) is 0 Å². The third kappa shape index (κ3) is 3.02. The Kier molecular flexibility index (Phi) is 3.64. The Morgan fingerprint density at radius 1 is 1.17 bits per heavy atom. The molecular formula is C21H28N4O3S. The van der Waals surface area contributed by atoms with E-state index in [1.807, 2.05) is 12.3 Å². The van der Waals surface area contributed by atoms with Gasteiger partial charge < -0.3 is 4.74 Å². The van der Waals surface area contributed by atoms with Gasteiger partial charge in [-0.25, -0.2) is 8.42 Å². The van der Waals surface area contributed by atoms with Crippen LogP contribution in [0.2, 0.25) is 0 Å². The smallest absolute Gasteiger partial charge is 0.242 e. The van der Waals surface area contributed by atoms with E-state index in [1.54, 1.807) is 4.40 Å². The molecule has 156 valence electrons. The van der Waals surface area contributed by atoms with Crippen LogP contribution in [-0.4, -0.2) is 35.4 Å². The SMILES string of the molecule is CC12CC3CC(CC(C3)C1Oc1cc3nnc(NS(C)(=O)=O)n3cc1C1CC1)C2. The summed E-state index contributed by atoms with van der Waals surface area (Å²) in [5, 5.41) is 8.24. The van der Waals surface area contributed by atoms with Crippen LogP contribution in [0.5, 0.6) is 5.75 Å². The van der Waals surface area contributed by atoms with E-state index in [0.717, 1.165) is 42.2 Å². The monoisotopic (exact) mass is 416 g/mol. The molecule has 29 heavy (non-hydrogen) atoms. The zero-order valence-corrected chi connectivity index (χ0v) is 17.8. The lowest BCUT2D eigenvalue weighted by Crippen LogP contribution is -2.56. The topological polar surface area (TPSA) is 85.6 Å². The minimum Gasteiger partial charge on any atom is -0.489 e. The van der Waals surface area contributed by atoms with Crippen LogP contribution in [0.3, 0.4) is 0 Å². The number of sulfonamides is 1. The van der Waals surface area contributed by atoms with Gasteiger partial charge in [0.15, 0.2) is 5.65 Å². The number of hydrogen-bond donors (Lipinski definition) is 1. The second kappa shape index (κ2) is 5.86. The molecule has 7 nitrogen and oxygen atoms in total. The summed E-state index contributed by atoms with van der Waals surface area (Å²) in [5.74, 6) is 4.09. The van der Waals surface area contributed by atoms with E-state index in [1.165, 1.54) is 32.1 Å². The van der Waals surface area contributed by atoms with E-state index in [2.05, 4.69) is 21.8 Å². The van der Waals surface area contributed by atoms with Gasteiger partial charge in [0.25, 0.3) is 0 Å². The maximum atomic E-state index is 11.7. The zero-order valence-electron chi connectivity index (χ0n) is 17.0. The summed E-state index contributed by atoms with van der Waals surface area (Å²) in [5.41, 5.74) is 2.05. The Bertz CT molecular complexity index is 1080. The summed E-state index contributed by atoms with van der Waals surface area (Å²) in [6.07, 6.45) is 12.3. The largest absolute Gasteiger partial charge is 0.489 e. The maximum absolute atomic E-state index is 11.7. The van der Waals surface area contributed by atoms with Gasteiger partial charge in [0.2, 0.25) is 16.0 Å². The highest BCUT2D eigenvalue weighted by molar-refractivity contribution is 7.92. The number of nitrogens with zero attached hydrogens (tertiary/aromatic N) is 3. The van der Waals surface area contributed by atoms with Crippen molar-refractivity contribution in [2.24, 2.45) is 23.2 Å². The first kappa shape index (κ1) is 18.0. The highest BCUT2D eigenvalue weighted by atomic mass is 32.2. The number of anilines is 1. The average molecular weight is 417 g/mol. The predicted molar refractivity (Wildman–Crippen MR) is 110 cm³/mol. The lowest BCUT2D eigenvalue weighted by molar-refractivity contribution is -0.134. The molecule has 2 aromatic heterocycles. The van der Waals surface area contributed by atoms with Crippen molar-refractivity contribution in [3.63, 3.8) is 0 Å². The van der Waals surface area contributed by atoms with Crippen molar-refractivity contribution in [2.45, 2.75) is 63.9 Å². The second-order valence-electron chi connectivity index (χ2n) is 10.3. The quantitative estimate of drug-likeness (QED) is 0.805. The van der Waals surface area contributed by atoms with E-state index >= 15 is 0 Å². The van der Waals surface area contributed by atoms with Crippen LogP contribution in [-0.2, 0) is 10.0 Å². The Labute approximate surface area is 171 Å². The molecule has 2 heterocycles. The Morgan fingerprint density at radius 2 is 1.90 bits per heavy atom. The normalized spacial score (nSPS) is 35.9. The molecule has 0 amide bonds. The molecule has 0 aromatic carbocycles. The van der Waals surface area contributed by atoms with Crippen molar-refractivity contribution in [3.05, 3.63) is 17.8 Å². The van der Waals surface area contributed by atoms with E-state index in [0.29, 0.717) is 17.5 Å². The number of aromatic nitrogens is 3. The lowest BCUT2D eigenvalue weighted by Gasteiger charge is -2.59. The second-order valence-corrected chi connectivity index (χ2v) is 12.0. The van der Waals surface area contributed by atoms with Gasteiger partial charge in [-0.2, -0.15) is 0 Å². The fourth-order valence-electron chi connectivity index (χ4n) is 6.75. The molecule has 0 saturated heterocycles. The molecule has 0 aliphatic heterocycles. The Morgan fingerprint density at radius 3 is 2.52 bits per heavy atom. The fraction of sp³-hybridized carbons (Fsp3) is 0.714. The van der Waals surface area contributed by atoms with Crippen molar-refractivity contribution in [2.75, 3.05) is 11.0 Å². The Hall–Kier alpha value is -1.83. The summed E-state index contributed by atoms with van der Waals surface area (Å²) >= 11 is 0. The molecule has 5 saturated carbocycles. The Balaban J connectivity index is 1.38. The van der Waals surface area contributed by atoms with Crippen LogP contribution in [0, 0.1) is 23.2 Å². The summed E-state index contributed by atoms with van der Waals surface area (Å²) < 4.78 is 34.3. The van der Waals surface area contributed by atoms with Crippen molar-refractivity contribution in [1.82, 2.24) is 14.6 Å². The van der Waals surface area contributed by atoms with Crippen molar-refractivity contribution < 1.29 is 13.2 Å². The molecule has 1 N–H and O–H groups in total. The predicted octanol–water partition coefficient (Wildman–Crippen LogP) is 3.57. The summed E-state index contributed by atoms with van der Waals surface area (Å²) in [6, 6.07) is 1.96. The molecule has 5 aliphatic carbocycles. The van der Waals surface area contributed by atoms with Gasteiger partial charge in [0, 0.05) is 23.2 Å². The standard InChI is InChI=1S/C21H28N4O3S/c1-21-9-12-5-13(10-21)7-15(6-12)19(21)28-17-8-18-22-23-20(24-29(2,26)27)25(18)11-16(17)14-3-4-14/h8,11-15,19H,3-7,9-10H2,1-2H3,(H,23,24). The summed E-state index contributed by atoms with van der Waals surface area (Å²) in [6.45, 7) is 2.43. The first-order valence-electron chi connectivity index (χ1n) is 10.8. The molecule has 0 spiro atoms. The molecule has 3 unspecified atom stereocenters. The van der Waals surface area contributed by atoms with E-state index in [9.17, 15) is 8.42 Å². The van der Waals surface area contributed by atoms with Crippen LogP contribution in [0.4, 0.5) is 5.95 Å². The van der Waals surface area contributed by atoms with E-state index < -0.39 is 10.0 Å². The minimum atomic E-state index is -3.41. The number of fused-ring (bicyclic) bond motifs is 1. The number of pyridine rings is 1. The van der Waals surface area contributed by atoms with Gasteiger partial charge in [-0.3, -0.25) is 9.12 Å². The number of ether oxygens (including phenoxy) is 1. The average Bonchev–Trinajstić information content (AvgIpc) is 3.39. The van der Waals surface area contributed by atoms with E-state index in [-0.39, 0.29) is 17.5 Å². The van der Waals surface area contributed by atoms with Crippen LogP contribution >= 0.6 is 0 Å². The fourth-order valence-corrected chi connectivity index (χ4v) is 7.22. The van der Waals surface area contributed by atoms with Gasteiger partial charge in [-0.05, 0) is 68.6 Å². The number of rotatable bonds is 5. The molecule has 7 rings (SSSR count). The zero-order chi connectivity index (χ0) is 20.0. The number of hydrogen-bond acceptors (Lipinski definition) is 5. The molecule has 8 heteroatoms. The molecule has 3 atom stereocenters. The molecule has 5 aliphatic rings.